The highest BCUT2D eigenvalue weighted by Crippen LogP contribution is 2.31. The van der Waals surface area contributed by atoms with E-state index in [2.05, 4.69) is 15.3 Å². The number of carbonyl (C=O) groups is 1. The van der Waals surface area contributed by atoms with Crippen molar-refractivity contribution in [3.63, 3.8) is 0 Å². The molecule has 20 heavy (non-hydrogen) atoms. The Morgan fingerprint density at radius 1 is 1.50 bits per heavy atom. The van der Waals surface area contributed by atoms with E-state index in [4.69, 9.17) is 5.11 Å². The van der Waals surface area contributed by atoms with Crippen LogP contribution in [0.5, 0.6) is 0 Å². The van der Waals surface area contributed by atoms with Gasteiger partial charge >= 0.3 is 5.97 Å². The Labute approximate surface area is 118 Å². The number of hydrogen-bond donors (Lipinski definition) is 3. The predicted molar refractivity (Wildman–Crippen MR) is 73.0 cm³/mol. The van der Waals surface area contributed by atoms with Gasteiger partial charge in [-0.05, 0) is 38.7 Å². The van der Waals surface area contributed by atoms with Crippen LogP contribution in [-0.2, 0) is 11.3 Å². The van der Waals surface area contributed by atoms with Crippen molar-refractivity contribution in [2.24, 2.45) is 5.92 Å². The summed E-state index contributed by atoms with van der Waals surface area (Å²) in [7, 11) is 0. The second kappa shape index (κ2) is 6.28. The topological polar surface area (TPSA) is 95.3 Å². The smallest absolute Gasteiger partial charge is 0.306 e. The molecule has 0 unspecified atom stereocenters. The van der Waals surface area contributed by atoms with Crippen LogP contribution in [0.25, 0.3) is 0 Å². The lowest BCUT2D eigenvalue weighted by Gasteiger charge is -2.34. The van der Waals surface area contributed by atoms with Gasteiger partial charge in [-0.2, -0.15) is 0 Å². The van der Waals surface area contributed by atoms with Crippen LogP contribution in [0.3, 0.4) is 0 Å². The van der Waals surface area contributed by atoms with Gasteiger partial charge in [-0.3, -0.25) is 4.79 Å². The predicted octanol–water partition coefficient (Wildman–Crippen LogP) is 0.881. The number of aliphatic hydroxyl groups is 1. The quantitative estimate of drug-likeness (QED) is 0.740. The summed E-state index contributed by atoms with van der Waals surface area (Å²) in [6, 6.07) is 1.84. The Bertz CT molecular complexity index is 470. The summed E-state index contributed by atoms with van der Waals surface area (Å²) in [5.74, 6) is -0.332. The molecule has 0 bridgehead atoms. The molecule has 1 heterocycles. The number of aliphatic carboxylic acids is 1. The van der Waals surface area contributed by atoms with Gasteiger partial charge in [-0.15, -0.1) is 0 Å². The van der Waals surface area contributed by atoms with Crippen molar-refractivity contribution < 1.29 is 15.0 Å². The van der Waals surface area contributed by atoms with Crippen LogP contribution >= 0.6 is 0 Å². The molecule has 110 valence electrons. The molecule has 1 aliphatic carbocycles. The largest absolute Gasteiger partial charge is 0.481 e. The van der Waals surface area contributed by atoms with E-state index in [1.165, 1.54) is 0 Å². The van der Waals surface area contributed by atoms with Crippen molar-refractivity contribution in [2.75, 3.05) is 6.54 Å². The minimum Gasteiger partial charge on any atom is -0.481 e. The van der Waals surface area contributed by atoms with Crippen LogP contribution < -0.4 is 5.32 Å². The highest BCUT2D eigenvalue weighted by Gasteiger charge is 2.35. The fraction of sp³-hybridized carbons (Fsp3) is 0.643. The van der Waals surface area contributed by atoms with Crippen molar-refractivity contribution in [3.8, 4) is 0 Å². The van der Waals surface area contributed by atoms with Crippen molar-refractivity contribution in [3.05, 3.63) is 23.8 Å². The minimum atomic E-state index is -0.798. The monoisotopic (exact) mass is 279 g/mol. The van der Waals surface area contributed by atoms with Gasteiger partial charge in [-0.1, -0.05) is 0 Å². The number of aromatic nitrogens is 2. The van der Waals surface area contributed by atoms with E-state index in [1.807, 2.05) is 13.0 Å². The summed E-state index contributed by atoms with van der Waals surface area (Å²) in [4.78, 5) is 19.2. The molecule has 1 aromatic heterocycles. The molecule has 0 saturated heterocycles. The molecular formula is C14H21N3O3. The fourth-order valence-electron chi connectivity index (χ4n) is 2.61. The van der Waals surface area contributed by atoms with E-state index in [-0.39, 0.29) is 5.92 Å². The van der Waals surface area contributed by atoms with Gasteiger partial charge in [0.2, 0.25) is 0 Å². The molecule has 0 amide bonds. The maximum Gasteiger partial charge on any atom is 0.306 e. The number of nitrogens with one attached hydrogen (secondary N) is 1. The zero-order valence-corrected chi connectivity index (χ0v) is 11.7. The third-order valence-corrected chi connectivity index (χ3v) is 3.86. The third kappa shape index (κ3) is 3.98. The fourth-order valence-corrected chi connectivity index (χ4v) is 2.61. The SMILES string of the molecule is Cc1nccc(CNCC2(O)CCC(C(=O)O)CC2)n1. The summed E-state index contributed by atoms with van der Waals surface area (Å²) in [5.41, 5.74) is 0.0916. The first-order valence-electron chi connectivity index (χ1n) is 6.93. The molecule has 3 N–H and O–H groups in total. The molecule has 1 aliphatic rings. The zero-order chi connectivity index (χ0) is 14.6. The summed E-state index contributed by atoms with van der Waals surface area (Å²) < 4.78 is 0. The number of nitrogens with zero attached hydrogens (tertiary/aromatic N) is 2. The van der Waals surface area contributed by atoms with Gasteiger partial charge in [0.15, 0.2) is 0 Å². The van der Waals surface area contributed by atoms with Crippen molar-refractivity contribution >= 4 is 5.97 Å². The van der Waals surface area contributed by atoms with Crippen LogP contribution in [0.4, 0.5) is 0 Å². The van der Waals surface area contributed by atoms with Crippen molar-refractivity contribution in [1.82, 2.24) is 15.3 Å². The molecule has 0 spiro atoms. The van der Waals surface area contributed by atoms with E-state index < -0.39 is 11.6 Å². The van der Waals surface area contributed by atoms with Gasteiger partial charge in [0.25, 0.3) is 0 Å². The Morgan fingerprint density at radius 3 is 2.80 bits per heavy atom. The number of aryl methyl sites for hydroxylation is 1. The van der Waals surface area contributed by atoms with Gasteiger partial charge in [0, 0.05) is 19.3 Å². The number of carboxylic acid groups (broad SMARTS) is 1. The number of carboxylic acids is 1. The molecular weight excluding hydrogens is 258 g/mol. The molecule has 6 heteroatoms. The molecule has 1 aromatic rings. The van der Waals surface area contributed by atoms with Crippen molar-refractivity contribution in [2.45, 2.75) is 44.8 Å². The molecule has 1 fully saturated rings. The zero-order valence-electron chi connectivity index (χ0n) is 11.7. The molecule has 0 atom stereocenters. The van der Waals surface area contributed by atoms with E-state index >= 15 is 0 Å². The van der Waals surface area contributed by atoms with E-state index in [0.717, 1.165) is 11.5 Å². The summed E-state index contributed by atoms with van der Waals surface area (Å²) in [5, 5.41) is 22.6. The summed E-state index contributed by atoms with van der Waals surface area (Å²) in [6.07, 6.45) is 3.85. The molecule has 1 saturated carbocycles. The highest BCUT2D eigenvalue weighted by atomic mass is 16.4. The van der Waals surface area contributed by atoms with Crippen LogP contribution in [0.15, 0.2) is 12.3 Å². The molecule has 6 nitrogen and oxygen atoms in total. The Morgan fingerprint density at radius 2 is 2.20 bits per heavy atom. The van der Waals surface area contributed by atoms with Gasteiger partial charge < -0.3 is 15.5 Å². The first-order valence-corrected chi connectivity index (χ1v) is 6.93. The lowest BCUT2D eigenvalue weighted by atomic mass is 9.79. The van der Waals surface area contributed by atoms with Crippen LogP contribution in [0, 0.1) is 12.8 Å². The summed E-state index contributed by atoms with van der Waals surface area (Å²) in [6.45, 7) is 2.88. The third-order valence-electron chi connectivity index (χ3n) is 3.86. The average Bonchev–Trinajstić information content (AvgIpc) is 2.39. The second-order valence-electron chi connectivity index (χ2n) is 5.54. The van der Waals surface area contributed by atoms with Crippen molar-refractivity contribution in [1.29, 1.82) is 0 Å². The van der Waals surface area contributed by atoms with Crippen LogP contribution in [0.2, 0.25) is 0 Å². The number of hydrogen-bond acceptors (Lipinski definition) is 5. The maximum absolute atomic E-state index is 10.9. The Kier molecular flexibility index (Phi) is 4.67. The highest BCUT2D eigenvalue weighted by molar-refractivity contribution is 5.70. The van der Waals surface area contributed by atoms with E-state index in [9.17, 15) is 9.90 Å². The Balaban J connectivity index is 1.78. The van der Waals surface area contributed by atoms with E-state index in [1.54, 1.807) is 6.20 Å². The molecule has 0 aromatic carbocycles. The van der Waals surface area contributed by atoms with E-state index in [0.29, 0.717) is 38.8 Å². The first-order chi connectivity index (χ1) is 9.48. The Hall–Kier alpha value is -1.53. The average molecular weight is 279 g/mol. The molecule has 0 radical (unpaired) electrons. The minimum absolute atomic E-state index is 0.306. The van der Waals surface area contributed by atoms with Gasteiger partial charge in [0.1, 0.15) is 5.82 Å². The van der Waals surface area contributed by atoms with Crippen LogP contribution in [0.1, 0.15) is 37.2 Å². The molecule has 0 aliphatic heterocycles. The lowest BCUT2D eigenvalue weighted by molar-refractivity contribution is -0.144. The lowest BCUT2D eigenvalue weighted by Crippen LogP contribution is -2.44. The number of rotatable bonds is 5. The van der Waals surface area contributed by atoms with Gasteiger partial charge in [0.05, 0.1) is 17.2 Å². The van der Waals surface area contributed by atoms with Gasteiger partial charge in [-0.25, -0.2) is 9.97 Å². The first kappa shape index (κ1) is 14.9. The molecule has 2 rings (SSSR count). The normalized spacial score (nSPS) is 26.4. The maximum atomic E-state index is 10.9. The second-order valence-corrected chi connectivity index (χ2v) is 5.54. The summed E-state index contributed by atoms with van der Waals surface area (Å²) >= 11 is 0. The van der Waals surface area contributed by atoms with Crippen LogP contribution in [-0.4, -0.2) is 38.3 Å². The standard InChI is InChI=1S/C14H21N3O3/c1-10-16-7-4-12(17-10)8-15-9-14(20)5-2-11(3-6-14)13(18)19/h4,7,11,15,20H,2-3,5-6,8-9H2,1H3,(H,18,19).